The molecule has 0 saturated carbocycles. The van der Waals surface area contributed by atoms with Crippen molar-refractivity contribution in [2.45, 2.75) is 44.2 Å². The van der Waals surface area contributed by atoms with Crippen LogP contribution in [-0.2, 0) is 30.5 Å². The minimum atomic E-state index is -4.40. The first-order valence-electron chi connectivity index (χ1n) is 9.40. The van der Waals surface area contributed by atoms with Crippen molar-refractivity contribution in [1.29, 1.82) is 0 Å². The fourth-order valence-electron chi connectivity index (χ4n) is 3.51. The van der Waals surface area contributed by atoms with Gasteiger partial charge in [0.05, 0.1) is 22.3 Å². The summed E-state index contributed by atoms with van der Waals surface area (Å²) in [6.07, 6.45) is -2.76. The third kappa shape index (κ3) is 4.16. The Balaban J connectivity index is 1.53. The number of hydrogen-bond acceptors (Lipinski definition) is 4. The van der Waals surface area contributed by atoms with Crippen molar-refractivity contribution in [2.75, 3.05) is 12.3 Å². The summed E-state index contributed by atoms with van der Waals surface area (Å²) in [6, 6.07) is 5.66. The number of nitrogens with zero attached hydrogens (tertiary/aromatic N) is 3. The zero-order valence-corrected chi connectivity index (χ0v) is 17.5. The number of thiophene rings is 1. The van der Waals surface area contributed by atoms with Gasteiger partial charge in [0, 0.05) is 24.5 Å². The standard InChI is InChI=1S/C20H20F3N3OS2/c1-2-7-26-16-10-14(20(21,22)23)3-4-15(16)24-19(26)29-12-18(27)25-8-5-17-13(11-25)6-9-28-17/h3-4,6,9-10H,2,5,7-8,11-12H2,1H3. The van der Waals surface area contributed by atoms with Crippen LogP contribution in [0.4, 0.5) is 13.2 Å². The maximum absolute atomic E-state index is 13.1. The molecule has 0 fully saturated rings. The summed E-state index contributed by atoms with van der Waals surface area (Å²) in [5.41, 5.74) is 1.49. The molecule has 3 aromatic rings. The lowest BCUT2D eigenvalue weighted by molar-refractivity contribution is -0.137. The molecule has 1 aliphatic rings. The average molecular weight is 440 g/mol. The number of benzene rings is 1. The van der Waals surface area contributed by atoms with E-state index in [1.165, 1.54) is 28.3 Å². The molecule has 2 aromatic heterocycles. The highest BCUT2D eigenvalue weighted by molar-refractivity contribution is 7.99. The predicted molar refractivity (Wildman–Crippen MR) is 109 cm³/mol. The molecule has 1 aromatic carbocycles. The summed E-state index contributed by atoms with van der Waals surface area (Å²) in [4.78, 5) is 20.4. The van der Waals surface area contributed by atoms with Gasteiger partial charge in [-0.15, -0.1) is 11.3 Å². The number of fused-ring (bicyclic) bond motifs is 2. The molecule has 3 heterocycles. The van der Waals surface area contributed by atoms with Crippen LogP contribution in [0, 0.1) is 0 Å². The molecule has 0 unspecified atom stereocenters. The smallest absolute Gasteiger partial charge is 0.337 e. The molecule has 9 heteroatoms. The quantitative estimate of drug-likeness (QED) is 0.513. The first-order valence-corrected chi connectivity index (χ1v) is 11.3. The summed E-state index contributed by atoms with van der Waals surface area (Å²) in [6.45, 7) is 3.84. The second-order valence-electron chi connectivity index (χ2n) is 6.97. The molecule has 0 atom stereocenters. The molecule has 4 rings (SSSR count). The molecular weight excluding hydrogens is 419 g/mol. The minimum absolute atomic E-state index is 0.0259. The van der Waals surface area contributed by atoms with Gasteiger partial charge in [-0.2, -0.15) is 13.2 Å². The maximum atomic E-state index is 13.1. The lowest BCUT2D eigenvalue weighted by Crippen LogP contribution is -2.36. The Kier molecular flexibility index (Phi) is 5.61. The van der Waals surface area contributed by atoms with E-state index >= 15 is 0 Å². The Bertz CT molecular complexity index is 1040. The van der Waals surface area contributed by atoms with Gasteiger partial charge < -0.3 is 9.47 Å². The molecule has 0 N–H and O–H groups in total. The van der Waals surface area contributed by atoms with E-state index in [0.717, 1.165) is 25.0 Å². The highest BCUT2D eigenvalue weighted by atomic mass is 32.2. The van der Waals surface area contributed by atoms with E-state index in [-0.39, 0.29) is 11.7 Å². The first kappa shape index (κ1) is 20.3. The second-order valence-corrected chi connectivity index (χ2v) is 8.91. The van der Waals surface area contributed by atoms with E-state index in [1.54, 1.807) is 15.9 Å². The Hall–Kier alpha value is -2.00. The Labute approximate surface area is 174 Å². The average Bonchev–Trinajstić information content (AvgIpc) is 3.29. The van der Waals surface area contributed by atoms with Crippen LogP contribution in [0.25, 0.3) is 11.0 Å². The van der Waals surface area contributed by atoms with Crippen molar-refractivity contribution < 1.29 is 18.0 Å². The van der Waals surface area contributed by atoms with Crippen molar-refractivity contribution in [1.82, 2.24) is 14.5 Å². The Morgan fingerprint density at radius 2 is 2.14 bits per heavy atom. The van der Waals surface area contributed by atoms with Gasteiger partial charge >= 0.3 is 6.18 Å². The number of aryl methyl sites for hydroxylation is 1. The van der Waals surface area contributed by atoms with Gasteiger partial charge in [-0.05, 0) is 48.1 Å². The van der Waals surface area contributed by atoms with Crippen LogP contribution in [0.15, 0.2) is 34.8 Å². The number of halogens is 3. The van der Waals surface area contributed by atoms with E-state index < -0.39 is 11.7 Å². The first-order chi connectivity index (χ1) is 13.9. The lowest BCUT2D eigenvalue weighted by Gasteiger charge is -2.26. The number of rotatable bonds is 5. The number of carbonyl (C=O) groups is 1. The number of hydrogen-bond donors (Lipinski definition) is 0. The van der Waals surface area contributed by atoms with E-state index in [4.69, 9.17) is 0 Å². The Morgan fingerprint density at radius 3 is 2.90 bits per heavy atom. The van der Waals surface area contributed by atoms with Crippen molar-refractivity contribution in [3.8, 4) is 0 Å². The fourth-order valence-corrected chi connectivity index (χ4v) is 5.34. The van der Waals surface area contributed by atoms with E-state index in [2.05, 4.69) is 16.4 Å². The third-order valence-electron chi connectivity index (χ3n) is 4.97. The monoisotopic (exact) mass is 439 g/mol. The predicted octanol–water partition coefficient (Wildman–Crippen LogP) is 5.20. The topological polar surface area (TPSA) is 38.1 Å². The number of carbonyl (C=O) groups excluding carboxylic acids is 1. The van der Waals surface area contributed by atoms with Gasteiger partial charge in [0.1, 0.15) is 0 Å². The zero-order valence-electron chi connectivity index (χ0n) is 15.8. The molecule has 4 nitrogen and oxygen atoms in total. The number of imidazole rings is 1. The van der Waals surface area contributed by atoms with Crippen LogP contribution in [0.5, 0.6) is 0 Å². The van der Waals surface area contributed by atoms with Gasteiger partial charge in [-0.25, -0.2) is 4.98 Å². The second kappa shape index (κ2) is 8.02. The number of amides is 1. The van der Waals surface area contributed by atoms with Crippen molar-refractivity contribution >= 4 is 40.0 Å². The van der Waals surface area contributed by atoms with E-state index in [9.17, 15) is 18.0 Å². The summed E-state index contributed by atoms with van der Waals surface area (Å²) in [5.74, 6) is 0.247. The zero-order chi connectivity index (χ0) is 20.6. The molecule has 1 aliphatic heterocycles. The SMILES string of the molecule is CCCn1c(SCC(=O)N2CCc3sccc3C2)nc2ccc(C(F)(F)F)cc21. The molecule has 0 aliphatic carbocycles. The van der Waals surface area contributed by atoms with Gasteiger partial charge in [-0.1, -0.05) is 18.7 Å². The molecule has 0 radical (unpaired) electrons. The minimum Gasteiger partial charge on any atom is -0.337 e. The van der Waals surface area contributed by atoms with Crippen LogP contribution in [0.3, 0.4) is 0 Å². The van der Waals surface area contributed by atoms with Crippen LogP contribution in [-0.4, -0.2) is 32.7 Å². The fraction of sp³-hybridized carbons (Fsp3) is 0.400. The van der Waals surface area contributed by atoms with Gasteiger partial charge in [0.25, 0.3) is 0 Å². The molecule has 154 valence electrons. The summed E-state index contributed by atoms with van der Waals surface area (Å²) in [5, 5.41) is 2.64. The molecule has 0 saturated heterocycles. The van der Waals surface area contributed by atoms with E-state index in [0.29, 0.717) is 35.8 Å². The maximum Gasteiger partial charge on any atom is 0.416 e. The summed E-state index contributed by atoms with van der Waals surface area (Å²) < 4.78 is 41.1. The van der Waals surface area contributed by atoms with E-state index in [1.807, 2.05) is 11.8 Å². The highest BCUT2D eigenvalue weighted by Gasteiger charge is 2.31. The largest absolute Gasteiger partial charge is 0.416 e. The van der Waals surface area contributed by atoms with Crippen LogP contribution < -0.4 is 0 Å². The van der Waals surface area contributed by atoms with Gasteiger partial charge in [0.2, 0.25) is 5.91 Å². The number of alkyl halides is 3. The number of thioether (sulfide) groups is 1. The molecule has 29 heavy (non-hydrogen) atoms. The van der Waals surface area contributed by atoms with Crippen molar-refractivity contribution in [3.63, 3.8) is 0 Å². The van der Waals surface area contributed by atoms with Crippen LogP contribution >= 0.6 is 23.1 Å². The van der Waals surface area contributed by atoms with Crippen molar-refractivity contribution in [2.24, 2.45) is 0 Å². The molecular formula is C20H20F3N3OS2. The van der Waals surface area contributed by atoms with Gasteiger partial charge in [-0.3, -0.25) is 4.79 Å². The van der Waals surface area contributed by atoms with Gasteiger partial charge in [0.15, 0.2) is 5.16 Å². The highest BCUT2D eigenvalue weighted by Crippen LogP contribution is 2.33. The summed E-state index contributed by atoms with van der Waals surface area (Å²) >= 11 is 3.02. The summed E-state index contributed by atoms with van der Waals surface area (Å²) in [7, 11) is 0. The van der Waals surface area contributed by atoms with Crippen molar-refractivity contribution in [3.05, 3.63) is 45.6 Å². The van der Waals surface area contributed by atoms with Crippen LogP contribution in [0.1, 0.15) is 29.3 Å². The third-order valence-corrected chi connectivity index (χ3v) is 6.96. The lowest BCUT2D eigenvalue weighted by atomic mass is 10.1. The van der Waals surface area contributed by atoms with Crippen LogP contribution in [0.2, 0.25) is 0 Å². The Morgan fingerprint density at radius 1 is 1.31 bits per heavy atom. The molecule has 0 spiro atoms. The molecule has 1 amide bonds. The molecule has 0 bridgehead atoms. The number of aromatic nitrogens is 2. The normalized spacial score (nSPS) is 14.4.